The number of halogens is 1. The Bertz CT molecular complexity index is 387. The van der Waals surface area contributed by atoms with Gasteiger partial charge in [-0.1, -0.05) is 0 Å². The lowest BCUT2D eigenvalue weighted by Gasteiger charge is -2.12. The van der Waals surface area contributed by atoms with Crippen molar-refractivity contribution < 1.29 is 15.1 Å². The van der Waals surface area contributed by atoms with Gasteiger partial charge in [0.2, 0.25) is 0 Å². The summed E-state index contributed by atoms with van der Waals surface area (Å²) in [7, 11) is 0. The van der Waals surface area contributed by atoms with E-state index in [1.165, 1.54) is 18.2 Å². The number of phenols is 1. The van der Waals surface area contributed by atoms with E-state index in [9.17, 15) is 15.2 Å². The number of nitro groups is 1. The average Bonchev–Trinajstić information content (AvgIpc) is 2.26. The van der Waals surface area contributed by atoms with E-state index >= 15 is 0 Å². The number of hydrogen-bond acceptors (Lipinski definition) is 5. The molecular weight excluding hydrogens is 248 g/mol. The topological polar surface area (TPSA) is 110 Å². The molecule has 7 heteroatoms. The van der Waals surface area contributed by atoms with Crippen LogP contribution in [0, 0.1) is 10.1 Å². The molecule has 4 N–H and O–H groups in total. The normalized spacial score (nSPS) is 11.6. The smallest absolute Gasteiger partial charge is 0.270 e. The Morgan fingerprint density at radius 1 is 1.47 bits per heavy atom. The van der Waals surface area contributed by atoms with Gasteiger partial charge in [-0.3, -0.25) is 10.1 Å². The number of nitro benzene ring substituents is 1. The van der Waals surface area contributed by atoms with Crippen molar-refractivity contribution in [2.75, 3.05) is 6.61 Å². The summed E-state index contributed by atoms with van der Waals surface area (Å²) >= 11 is 0. The molecule has 17 heavy (non-hydrogen) atoms. The van der Waals surface area contributed by atoms with Crippen molar-refractivity contribution in [3.63, 3.8) is 0 Å². The molecule has 0 bridgehead atoms. The third kappa shape index (κ3) is 4.18. The van der Waals surface area contributed by atoms with Crippen molar-refractivity contribution in [3.05, 3.63) is 33.9 Å². The van der Waals surface area contributed by atoms with Gasteiger partial charge in [-0.2, -0.15) is 0 Å². The average molecular weight is 263 g/mol. The molecule has 1 rings (SSSR count). The summed E-state index contributed by atoms with van der Waals surface area (Å²) < 4.78 is 0. The zero-order valence-corrected chi connectivity index (χ0v) is 9.89. The van der Waals surface area contributed by atoms with Gasteiger partial charge < -0.3 is 15.9 Å². The van der Waals surface area contributed by atoms with Gasteiger partial charge in [0.15, 0.2) is 0 Å². The summed E-state index contributed by atoms with van der Waals surface area (Å²) in [5.41, 5.74) is 5.99. The first-order valence-electron chi connectivity index (χ1n) is 4.90. The fourth-order valence-corrected chi connectivity index (χ4v) is 1.42. The minimum absolute atomic E-state index is 0. The number of aliphatic hydroxyl groups excluding tert-OH is 1. The Hall–Kier alpha value is -1.37. The molecule has 0 heterocycles. The zero-order valence-electron chi connectivity index (χ0n) is 9.07. The van der Waals surface area contributed by atoms with E-state index in [-0.39, 0.29) is 30.5 Å². The Morgan fingerprint density at radius 2 is 2.12 bits per heavy atom. The Kier molecular flexibility index (Phi) is 6.48. The van der Waals surface area contributed by atoms with E-state index in [1.807, 2.05) is 0 Å². The van der Waals surface area contributed by atoms with E-state index in [0.717, 1.165) is 0 Å². The predicted molar refractivity (Wildman–Crippen MR) is 65.3 cm³/mol. The van der Waals surface area contributed by atoms with Gasteiger partial charge in [0.1, 0.15) is 5.75 Å². The number of nitrogens with zero attached hydrogens (tertiary/aromatic N) is 1. The molecular formula is C10H15ClN2O4. The van der Waals surface area contributed by atoms with Gasteiger partial charge in [-0.15, -0.1) is 12.4 Å². The molecule has 0 aliphatic carbocycles. The third-order valence-corrected chi connectivity index (χ3v) is 2.29. The number of benzene rings is 1. The summed E-state index contributed by atoms with van der Waals surface area (Å²) in [6.07, 6.45) is 0.953. The molecule has 0 unspecified atom stereocenters. The van der Waals surface area contributed by atoms with Crippen LogP contribution in [-0.4, -0.2) is 21.7 Å². The molecule has 0 aliphatic heterocycles. The molecule has 1 aromatic rings. The van der Waals surface area contributed by atoms with Gasteiger partial charge in [-0.25, -0.2) is 0 Å². The number of hydrogen-bond donors (Lipinski definition) is 3. The molecule has 0 aromatic heterocycles. The summed E-state index contributed by atoms with van der Waals surface area (Å²) in [5.74, 6) is -0.0592. The first-order valence-corrected chi connectivity index (χ1v) is 4.90. The minimum Gasteiger partial charge on any atom is -0.508 e. The van der Waals surface area contributed by atoms with Gasteiger partial charge in [-0.05, 0) is 18.9 Å². The maximum absolute atomic E-state index is 10.5. The predicted octanol–water partition coefficient (Wildman–Crippen LogP) is 1.49. The molecule has 0 aliphatic rings. The molecule has 0 saturated heterocycles. The number of aliphatic hydroxyl groups is 1. The summed E-state index contributed by atoms with van der Waals surface area (Å²) in [5, 5.41) is 28.7. The van der Waals surface area contributed by atoms with Gasteiger partial charge in [0.05, 0.1) is 4.92 Å². The van der Waals surface area contributed by atoms with Crippen molar-refractivity contribution in [2.24, 2.45) is 5.73 Å². The van der Waals surface area contributed by atoms with Crippen LogP contribution in [0.1, 0.15) is 24.4 Å². The minimum atomic E-state index is -0.540. The van der Waals surface area contributed by atoms with Crippen molar-refractivity contribution in [2.45, 2.75) is 18.9 Å². The number of non-ortho nitro benzene ring substituents is 1. The quantitative estimate of drug-likeness (QED) is 0.550. The molecule has 6 nitrogen and oxygen atoms in total. The second kappa shape index (κ2) is 7.05. The van der Waals surface area contributed by atoms with Crippen LogP contribution in [0.5, 0.6) is 5.75 Å². The van der Waals surface area contributed by atoms with Crippen LogP contribution in [-0.2, 0) is 0 Å². The molecule has 96 valence electrons. The molecule has 1 atom stereocenters. The molecule has 0 spiro atoms. The maximum Gasteiger partial charge on any atom is 0.270 e. The van der Waals surface area contributed by atoms with Crippen molar-refractivity contribution in [3.8, 4) is 5.75 Å². The Morgan fingerprint density at radius 3 is 2.65 bits per heavy atom. The fraction of sp³-hybridized carbons (Fsp3) is 0.400. The molecule has 0 saturated carbocycles. The van der Waals surface area contributed by atoms with Crippen LogP contribution in [0.25, 0.3) is 0 Å². The van der Waals surface area contributed by atoms with Crippen molar-refractivity contribution >= 4 is 18.1 Å². The molecule has 0 amide bonds. The first kappa shape index (κ1) is 15.6. The highest BCUT2D eigenvalue weighted by atomic mass is 35.5. The van der Waals surface area contributed by atoms with E-state index < -0.39 is 11.0 Å². The van der Waals surface area contributed by atoms with Crippen molar-refractivity contribution in [1.82, 2.24) is 0 Å². The summed E-state index contributed by atoms with van der Waals surface area (Å²) in [6.45, 7) is 0.00336. The molecule has 0 radical (unpaired) electrons. The van der Waals surface area contributed by atoms with E-state index in [2.05, 4.69) is 0 Å². The second-order valence-corrected chi connectivity index (χ2v) is 3.47. The first-order chi connectivity index (χ1) is 7.56. The number of aromatic hydroxyl groups is 1. The SMILES string of the molecule is Cl.N[C@@H](CCCO)c1cc([N+](=O)[O-])ccc1O. The van der Waals surface area contributed by atoms with Crippen LogP contribution >= 0.6 is 12.4 Å². The maximum atomic E-state index is 10.5. The third-order valence-electron chi connectivity index (χ3n) is 2.29. The lowest BCUT2D eigenvalue weighted by molar-refractivity contribution is -0.385. The van der Waals surface area contributed by atoms with Gasteiger partial charge >= 0.3 is 0 Å². The number of nitrogens with two attached hydrogens (primary N) is 1. The summed E-state index contributed by atoms with van der Waals surface area (Å²) in [6, 6.07) is 3.23. The van der Waals surface area contributed by atoms with Crippen LogP contribution in [0.4, 0.5) is 5.69 Å². The number of rotatable bonds is 5. The van der Waals surface area contributed by atoms with Crippen LogP contribution in [0.3, 0.4) is 0 Å². The lowest BCUT2D eigenvalue weighted by atomic mass is 10.0. The fourth-order valence-electron chi connectivity index (χ4n) is 1.42. The second-order valence-electron chi connectivity index (χ2n) is 3.47. The van der Waals surface area contributed by atoms with Crippen LogP contribution < -0.4 is 5.73 Å². The number of phenolic OH excluding ortho intramolecular Hbond substituents is 1. The zero-order chi connectivity index (χ0) is 12.1. The highest BCUT2D eigenvalue weighted by Gasteiger charge is 2.15. The standard InChI is InChI=1S/C10H14N2O4.ClH/c11-9(2-1-5-13)8-6-7(12(15)16)3-4-10(8)14;/h3-4,6,9,13-14H,1-2,5,11H2;1H/t9-;/m0./s1. The highest BCUT2D eigenvalue weighted by molar-refractivity contribution is 5.85. The molecule has 0 fully saturated rings. The Balaban J connectivity index is 0.00000256. The van der Waals surface area contributed by atoms with Crippen LogP contribution in [0.15, 0.2) is 18.2 Å². The van der Waals surface area contributed by atoms with E-state index in [0.29, 0.717) is 18.4 Å². The monoisotopic (exact) mass is 262 g/mol. The van der Waals surface area contributed by atoms with E-state index in [4.69, 9.17) is 10.8 Å². The van der Waals surface area contributed by atoms with Crippen molar-refractivity contribution in [1.29, 1.82) is 0 Å². The highest BCUT2D eigenvalue weighted by Crippen LogP contribution is 2.29. The van der Waals surface area contributed by atoms with E-state index in [1.54, 1.807) is 0 Å². The Labute approximate surface area is 105 Å². The van der Waals surface area contributed by atoms with Gasteiger partial charge in [0, 0.05) is 30.3 Å². The largest absolute Gasteiger partial charge is 0.508 e. The van der Waals surface area contributed by atoms with Crippen LogP contribution in [0.2, 0.25) is 0 Å². The lowest BCUT2D eigenvalue weighted by Crippen LogP contribution is -2.11. The molecule has 1 aromatic carbocycles. The summed E-state index contributed by atoms with van der Waals surface area (Å²) in [4.78, 5) is 10.0. The van der Waals surface area contributed by atoms with Gasteiger partial charge in [0.25, 0.3) is 5.69 Å².